The van der Waals surface area contributed by atoms with E-state index in [0.717, 1.165) is 0 Å². The van der Waals surface area contributed by atoms with Crippen molar-refractivity contribution >= 4 is 32.8 Å². The van der Waals surface area contributed by atoms with Crippen LogP contribution in [0.25, 0.3) is 11.0 Å². The van der Waals surface area contributed by atoms with Gasteiger partial charge in [-0.25, -0.2) is 0 Å². The zero-order valence-electron chi connectivity index (χ0n) is 17.1. The van der Waals surface area contributed by atoms with E-state index < -0.39 is 11.9 Å². The van der Waals surface area contributed by atoms with Gasteiger partial charge < -0.3 is 28.6 Å². The number of halogens is 1. The van der Waals surface area contributed by atoms with E-state index in [1.165, 1.54) is 26.2 Å². The third-order valence-corrected chi connectivity index (χ3v) is 5.76. The number of hydrogen-bond donors (Lipinski definition) is 1. The van der Waals surface area contributed by atoms with E-state index in [9.17, 15) is 14.7 Å². The molecule has 8 nitrogen and oxygen atoms in total. The van der Waals surface area contributed by atoms with Crippen molar-refractivity contribution in [2.24, 2.45) is 0 Å². The normalized spacial score (nSPS) is 15.3. The van der Waals surface area contributed by atoms with E-state index in [4.69, 9.17) is 18.6 Å². The SMILES string of the molecule is COc1cc([C@H]2c3c(oc4ccc(Br)cc4c3=O)C(=O)N2CCO)cc(OC)c1OC. The minimum atomic E-state index is -0.789. The molecule has 0 saturated carbocycles. The van der Waals surface area contributed by atoms with E-state index in [1.807, 2.05) is 0 Å². The minimum Gasteiger partial charge on any atom is -0.493 e. The highest BCUT2D eigenvalue weighted by Gasteiger charge is 2.43. The molecule has 1 atom stereocenters. The van der Waals surface area contributed by atoms with Gasteiger partial charge in [-0.2, -0.15) is 0 Å². The number of fused-ring (bicyclic) bond motifs is 2. The van der Waals surface area contributed by atoms with Gasteiger partial charge >= 0.3 is 0 Å². The highest BCUT2D eigenvalue weighted by molar-refractivity contribution is 9.10. The monoisotopic (exact) mass is 489 g/mol. The van der Waals surface area contributed by atoms with Gasteiger partial charge in [0.1, 0.15) is 5.58 Å². The average molecular weight is 490 g/mol. The summed E-state index contributed by atoms with van der Waals surface area (Å²) in [5, 5.41) is 9.94. The summed E-state index contributed by atoms with van der Waals surface area (Å²) in [6.07, 6.45) is 0. The van der Waals surface area contributed by atoms with Gasteiger partial charge in [-0.15, -0.1) is 0 Å². The molecule has 1 aliphatic rings. The van der Waals surface area contributed by atoms with Crippen LogP contribution in [0.1, 0.15) is 27.7 Å². The maximum atomic E-state index is 13.5. The summed E-state index contributed by atoms with van der Waals surface area (Å²) in [5.74, 6) is 0.655. The topological polar surface area (TPSA) is 98.4 Å². The summed E-state index contributed by atoms with van der Waals surface area (Å²) >= 11 is 3.37. The number of rotatable bonds is 6. The van der Waals surface area contributed by atoms with Crippen LogP contribution >= 0.6 is 15.9 Å². The number of carbonyl (C=O) groups is 1. The van der Waals surface area contributed by atoms with Crippen LogP contribution in [-0.4, -0.2) is 50.4 Å². The number of aliphatic hydroxyl groups is 1. The fraction of sp³-hybridized carbons (Fsp3) is 0.273. The predicted molar refractivity (Wildman–Crippen MR) is 116 cm³/mol. The first kappa shape index (κ1) is 21.2. The fourth-order valence-electron chi connectivity index (χ4n) is 3.94. The smallest absolute Gasteiger partial charge is 0.290 e. The molecular weight excluding hydrogens is 470 g/mol. The van der Waals surface area contributed by atoms with Gasteiger partial charge in [0, 0.05) is 11.0 Å². The second kappa shape index (κ2) is 8.24. The summed E-state index contributed by atoms with van der Waals surface area (Å²) in [6.45, 7) is -0.260. The van der Waals surface area contributed by atoms with Crippen molar-refractivity contribution < 1.29 is 28.5 Å². The first-order valence-corrected chi connectivity index (χ1v) is 10.2. The molecule has 1 aliphatic heterocycles. The van der Waals surface area contributed by atoms with Crippen LogP contribution in [0.4, 0.5) is 0 Å². The Morgan fingerprint density at radius 1 is 1.06 bits per heavy atom. The minimum absolute atomic E-state index is 0.0177. The second-order valence-electron chi connectivity index (χ2n) is 6.90. The van der Waals surface area contributed by atoms with Gasteiger partial charge in [0.05, 0.1) is 44.9 Å². The number of benzene rings is 2. The van der Waals surface area contributed by atoms with Crippen molar-refractivity contribution in [3.63, 3.8) is 0 Å². The molecule has 162 valence electrons. The van der Waals surface area contributed by atoms with Gasteiger partial charge in [0.2, 0.25) is 11.5 Å². The zero-order valence-corrected chi connectivity index (χ0v) is 18.7. The van der Waals surface area contributed by atoms with Crippen molar-refractivity contribution in [1.82, 2.24) is 4.90 Å². The predicted octanol–water partition coefficient (Wildman–Crippen LogP) is 3.12. The Morgan fingerprint density at radius 3 is 2.32 bits per heavy atom. The highest BCUT2D eigenvalue weighted by atomic mass is 79.9. The van der Waals surface area contributed by atoms with Crippen molar-refractivity contribution in [2.75, 3.05) is 34.5 Å². The standard InChI is InChI=1S/C22H20BrNO7/c1-28-15-8-11(9-16(29-2)20(15)30-3)18-17-19(26)13-10-12(23)4-5-14(13)31-21(17)22(27)24(18)6-7-25/h4-5,8-10,18,25H,6-7H2,1-3H3/t18-/m0/s1. The van der Waals surface area contributed by atoms with Crippen molar-refractivity contribution in [1.29, 1.82) is 0 Å². The number of amides is 1. The third-order valence-electron chi connectivity index (χ3n) is 5.27. The second-order valence-corrected chi connectivity index (χ2v) is 7.81. The Balaban J connectivity index is 2.02. The van der Waals surface area contributed by atoms with E-state index in [1.54, 1.807) is 30.3 Å². The van der Waals surface area contributed by atoms with Crippen LogP contribution in [-0.2, 0) is 0 Å². The molecular formula is C22H20BrNO7. The molecule has 0 aliphatic carbocycles. The third kappa shape index (κ3) is 3.34. The molecule has 4 rings (SSSR count). The summed E-state index contributed by atoms with van der Waals surface area (Å²) < 4.78 is 22.8. The van der Waals surface area contributed by atoms with E-state index in [2.05, 4.69) is 15.9 Å². The lowest BCUT2D eigenvalue weighted by molar-refractivity contribution is 0.0691. The van der Waals surface area contributed by atoms with Crippen LogP contribution in [0.5, 0.6) is 17.2 Å². The van der Waals surface area contributed by atoms with Crippen LogP contribution in [0, 0.1) is 0 Å². The van der Waals surface area contributed by atoms with Gasteiger partial charge in [-0.3, -0.25) is 9.59 Å². The Kier molecular flexibility index (Phi) is 5.63. The molecule has 0 unspecified atom stereocenters. The Hall–Kier alpha value is -3.04. The van der Waals surface area contributed by atoms with Crippen LogP contribution in [0.15, 0.2) is 44.0 Å². The number of carbonyl (C=O) groups excluding carboxylic acids is 1. The summed E-state index contributed by atoms with van der Waals surface area (Å²) in [6, 6.07) is 7.61. The number of nitrogens with zero attached hydrogens (tertiary/aromatic N) is 1. The Labute approximate surface area is 186 Å². The molecule has 2 aromatic carbocycles. The lowest BCUT2D eigenvalue weighted by Crippen LogP contribution is -2.32. The first-order valence-electron chi connectivity index (χ1n) is 9.43. The molecule has 0 radical (unpaired) electrons. The van der Waals surface area contributed by atoms with Gasteiger partial charge in [0.25, 0.3) is 5.91 Å². The van der Waals surface area contributed by atoms with Gasteiger partial charge in [-0.1, -0.05) is 15.9 Å². The Morgan fingerprint density at radius 2 is 1.74 bits per heavy atom. The lowest BCUT2D eigenvalue weighted by Gasteiger charge is -2.25. The average Bonchev–Trinajstić information content (AvgIpc) is 3.05. The van der Waals surface area contributed by atoms with Crippen LogP contribution in [0.3, 0.4) is 0 Å². The number of β-amino-alcohol motifs (C(OH)–C–C–N with tert-alkyl or cyclic N) is 1. The quantitative estimate of drug-likeness (QED) is 0.567. The van der Waals surface area contributed by atoms with Crippen LogP contribution in [0.2, 0.25) is 0 Å². The Bertz CT molecular complexity index is 1210. The summed E-state index contributed by atoms with van der Waals surface area (Å²) in [7, 11) is 4.46. The maximum absolute atomic E-state index is 13.5. The largest absolute Gasteiger partial charge is 0.493 e. The fourth-order valence-corrected chi connectivity index (χ4v) is 4.30. The number of ether oxygens (including phenoxy) is 3. The molecule has 1 amide bonds. The molecule has 0 fully saturated rings. The first-order chi connectivity index (χ1) is 14.9. The number of methoxy groups -OCH3 is 3. The molecule has 0 saturated heterocycles. The van der Waals surface area contributed by atoms with Crippen molar-refractivity contribution in [3.05, 3.63) is 61.9 Å². The maximum Gasteiger partial charge on any atom is 0.290 e. The molecule has 9 heteroatoms. The number of hydrogen-bond acceptors (Lipinski definition) is 7. The molecule has 0 bridgehead atoms. The molecule has 0 spiro atoms. The number of aliphatic hydroxyl groups excluding tert-OH is 1. The summed E-state index contributed by atoms with van der Waals surface area (Å²) in [5.41, 5.74) is 0.773. The lowest BCUT2D eigenvalue weighted by atomic mass is 9.97. The molecule has 1 N–H and O–H groups in total. The van der Waals surface area contributed by atoms with E-state index in [0.29, 0.717) is 38.3 Å². The molecule has 1 aromatic heterocycles. The summed E-state index contributed by atoms with van der Waals surface area (Å²) in [4.78, 5) is 28.0. The van der Waals surface area contributed by atoms with Gasteiger partial charge in [-0.05, 0) is 35.9 Å². The highest BCUT2D eigenvalue weighted by Crippen LogP contribution is 2.44. The van der Waals surface area contributed by atoms with Crippen molar-refractivity contribution in [2.45, 2.75) is 6.04 Å². The van der Waals surface area contributed by atoms with E-state index >= 15 is 0 Å². The van der Waals surface area contributed by atoms with Crippen LogP contribution < -0.4 is 19.6 Å². The molecule has 3 aromatic rings. The molecule has 31 heavy (non-hydrogen) atoms. The van der Waals surface area contributed by atoms with E-state index in [-0.39, 0.29) is 29.9 Å². The van der Waals surface area contributed by atoms with Crippen molar-refractivity contribution in [3.8, 4) is 17.2 Å². The zero-order chi connectivity index (χ0) is 22.3. The van der Waals surface area contributed by atoms with Gasteiger partial charge in [0.15, 0.2) is 16.9 Å². The molecule has 2 heterocycles.